The summed E-state index contributed by atoms with van der Waals surface area (Å²) >= 11 is 0. The molecule has 1 aliphatic heterocycles. The Morgan fingerprint density at radius 3 is 2.78 bits per heavy atom. The van der Waals surface area contributed by atoms with E-state index in [4.69, 9.17) is 4.74 Å². The molecule has 0 N–H and O–H groups in total. The molecule has 1 saturated heterocycles. The average molecular weight is 148 g/mol. The Morgan fingerprint density at radius 1 is 1.67 bits per heavy atom. The molecule has 2 atom stereocenters. The molecule has 0 aliphatic carbocycles. The average Bonchev–Trinajstić information content (AvgIpc) is 1.90. The normalized spacial score (nSPS) is 31.9. The van der Waals surface area contributed by atoms with Crippen molar-refractivity contribution in [2.45, 2.75) is 18.1 Å². The maximum absolute atomic E-state index is 10.8. The molecular formula is C6H12O2S. The molecule has 0 aromatic carbocycles. The van der Waals surface area contributed by atoms with Gasteiger partial charge in [0.05, 0.1) is 11.9 Å². The van der Waals surface area contributed by atoms with Crippen LogP contribution < -0.4 is 0 Å². The second-order valence-corrected chi connectivity index (χ2v) is 4.00. The molecule has 0 spiro atoms. The van der Waals surface area contributed by atoms with Gasteiger partial charge in [-0.15, -0.1) is 0 Å². The van der Waals surface area contributed by atoms with Crippen LogP contribution in [0.2, 0.25) is 0 Å². The van der Waals surface area contributed by atoms with Crippen LogP contribution in [0.3, 0.4) is 0 Å². The first-order chi connectivity index (χ1) is 4.30. The Kier molecular flexibility index (Phi) is 2.66. The van der Waals surface area contributed by atoms with Crippen molar-refractivity contribution in [2.75, 3.05) is 19.5 Å². The number of rotatable bonds is 1. The zero-order valence-electron chi connectivity index (χ0n) is 5.63. The van der Waals surface area contributed by atoms with Crippen LogP contribution in [-0.4, -0.2) is 28.9 Å². The predicted molar refractivity (Wildman–Crippen MR) is 37.9 cm³/mol. The van der Waals surface area contributed by atoms with E-state index in [1.807, 2.05) is 0 Å². The van der Waals surface area contributed by atoms with Gasteiger partial charge in [0.2, 0.25) is 0 Å². The van der Waals surface area contributed by atoms with E-state index in [2.05, 4.69) is 0 Å². The molecule has 0 amide bonds. The lowest BCUT2D eigenvalue weighted by molar-refractivity contribution is 0.100. The van der Waals surface area contributed by atoms with Gasteiger partial charge in [-0.05, 0) is 12.8 Å². The summed E-state index contributed by atoms with van der Waals surface area (Å²) in [5, 5.41) is 0.304. The van der Waals surface area contributed by atoms with Gasteiger partial charge >= 0.3 is 0 Å². The third-order valence-electron chi connectivity index (χ3n) is 1.59. The van der Waals surface area contributed by atoms with Crippen LogP contribution in [0.1, 0.15) is 12.8 Å². The summed E-state index contributed by atoms with van der Waals surface area (Å²) in [5.41, 5.74) is 0. The van der Waals surface area contributed by atoms with E-state index in [0.717, 1.165) is 19.4 Å². The summed E-state index contributed by atoms with van der Waals surface area (Å²) in [6.45, 7) is 1.55. The van der Waals surface area contributed by atoms with Gasteiger partial charge in [0.1, 0.15) is 0 Å². The summed E-state index contributed by atoms with van der Waals surface area (Å²) in [7, 11) is -0.677. The van der Waals surface area contributed by atoms with Crippen LogP contribution in [0.15, 0.2) is 0 Å². The lowest BCUT2D eigenvalue weighted by Gasteiger charge is -2.19. The molecule has 0 saturated carbocycles. The van der Waals surface area contributed by atoms with Crippen molar-refractivity contribution >= 4 is 10.8 Å². The second-order valence-electron chi connectivity index (χ2n) is 2.34. The van der Waals surface area contributed by atoms with Crippen molar-refractivity contribution < 1.29 is 8.95 Å². The first kappa shape index (κ1) is 7.22. The highest BCUT2D eigenvalue weighted by atomic mass is 32.2. The number of hydrogen-bond donors (Lipinski definition) is 0. The van der Waals surface area contributed by atoms with E-state index in [1.54, 1.807) is 6.26 Å². The van der Waals surface area contributed by atoms with Gasteiger partial charge in [-0.25, -0.2) is 0 Å². The van der Waals surface area contributed by atoms with Crippen LogP contribution in [0, 0.1) is 0 Å². The number of hydrogen-bond acceptors (Lipinski definition) is 2. The SMILES string of the molecule is C[S@@](=O)[C@H]1CCCOC1. The minimum Gasteiger partial charge on any atom is -0.380 e. The molecule has 1 heterocycles. The smallest absolute Gasteiger partial charge is 0.0609 e. The van der Waals surface area contributed by atoms with Gasteiger partial charge < -0.3 is 4.74 Å². The highest BCUT2D eigenvalue weighted by molar-refractivity contribution is 7.84. The molecule has 1 rings (SSSR count). The zero-order valence-corrected chi connectivity index (χ0v) is 6.45. The minimum atomic E-state index is -0.677. The van der Waals surface area contributed by atoms with Crippen molar-refractivity contribution in [1.29, 1.82) is 0 Å². The second kappa shape index (κ2) is 3.32. The van der Waals surface area contributed by atoms with Crippen LogP contribution in [0.4, 0.5) is 0 Å². The fourth-order valence-corrected chi connectivity index (χ4v) is 1.76. The fraction of sp³-hybridized carbons (Fsp3) is 1.00. The van der Waals surface area contributed by atoms with Crippen molar-refractivity contribution in [3.05, 3.63) is 0 Å². The molecule has 0 aromatic heterocycles. The lowest BCUT2D eigenvalue weighted by atomic mass is 10.2. The van der Waals surface area contributed by atoms with Crippen molar-refractivity contribution in [1.82, 2.24) is 0 Å². The highest BCUT2D eigenvalue weighted by Crippen LogP contribution is 2.10. The Hall–Kier alpha value is 0.110. The van der Waals surface area contributed by atoms with Gasteiger partial charge in [0.15, 0.2) is 0 Å². The predicted octanol–water partition coefficient (Wildman–Crippen LogP) is 0.544. The molecular weight excluding hydrogens is 136 g/mol. The summed E-state index contributed by atoms with van der Waals surface area (Å²) in [5.74, 6) is 0. The summed E-state index contributed by atoms with van der Waals surface area (Å²) in [6.07, 6.45) is 3.90. The third-order valence-corrected chi connectivity index (χ3v) is 2.90. The van der Waals surface area contributed by atoms with E-state index in [9.17, 15) is 4.21 Å². The summed E-state index contributed by atoms with van der Waals surface area (Å²) in [4.78, 5) is 0. The van der Waals surface area contributed by atoms with Crippen molar-refractivity contribution in [3.8, 4) is 0 Å². The Balaban J connectivity index is 2.31. The Labute approximate surface area is 58.0 Å². The van der Waals surface area contributed by atoms with Gasteiger partial charge in [0, 0.05) is 23.7 Å². The molecule has 0 unspecified atom stereocenters. The van der Waals surface area contributed by atoms with Crippen LogP contribution in [0.5, 0.6) is 0 Å². The molecule has 3 heteroatoms. The van der Waals surface area contributed by atoms with Gasteiger partial charge in [-0.1, -0.05) is 0 Å². The van der Waals surface area contributed by atoms with Crippen LogP contribution in [-0.2, 0) is 15.5 Å². The molecule has 54 valence electrons. The molecule has 0 aromatic rings. The van der Waals surface area contributed by atoms with Crippen LogP contribution in [0.25, 0.3) is 0 Å². The maximum atomic E-state index is 10.8. The standard InChI is InChI=1S/C6H12O2S/c1-9(7)6-3-2-4-8-5-6/h6H,2-5H2,1H3/t6-,9+/m0/s1. The third kappa shape index (κ3) is 2.06. The van der Waals surface area contributed by atoms with E-state index in [0.29, 0.717) is 11.9 Å². The van der Waals surface area contributed by atoms with Crippen molar-refractivity contribution in [3.63, 3.8) is 0 Å². The highest BCUT2D eigenvalue weighted by Gasteiger charge is 2.16. The van der Waals surface area contributed by atoms with E-state index >= 15 is 0 Å². The quantitative estimate of drug-likeness (QED) is 0.542. The largest absolute Gasteiger partial charge is 0.380 e. The zero-order chi connectivity index (χ0) is 6.69. The van der Waals surface area contributed by atoms with Crippen molar-refractivity contribution in [2.24, 2.45) is 0 Å². The van der Waals surface area contributed by atoms with Crippen LogP contribution >= 0.6 is 0 Å². The first-order valence-electron chi connectivity index (χ1n) is 3.20. The molecule has 0 radical (unpaired) electrons. The van der Waals surface area contributed by atoms with E-state index in [-0.39, 0.29) is 0 Å². The van der Waals surface area contributed by atoms with E-state index < -0.39 is 10.8 Å². The fourth-order valence-electron chi connectivity index (χ4n) is 0.973. The Morgan fingerprint density at radius 2 is 2.44 bits per heavy atom. The molecule has 9 heavy (non-hydrogen) atoms. The first-order valence-corrected chi connectivity index (χ1v) is 4.83. The maximum Gasteiger partial charge on any atom is 0.0609 e. The number of ether oxygens (including phenoxy) is 1. The molecule has 1 aliphatic rings. The topological polar surface area (TPSA) is 26.3 Å². The van der Waals surface area contributed by atoms with Gasteiger partial charge in [0.25, 0.3) is 0 Å². The van der Waals surface area contributed by atoms with Gasteiger partial charge in [-0.3, -0.25) is 4.21 Å². The molecule has 2 nitrogen and oxygen atoms in total. The molecule has 1 fully saturated rings. The van der Waals surface area contributed by atoms with E-state index in [1.165, 1.54) is 0 Å². The minimum absolute atomic E-state index is 0.304. The lowest BCUT2D eigenvalue weighted by Crippen LogP contribution is -2.26. The summed E-state index contributed by atoms with van der Waals surface area (Å²) < 4.78 is 16.0. The summed E-state index contributed by atoms with van der Waals surface area (Å²) in [6, 6.07) is 0. The van der Waals surface area contributed by atoms with Gasteiger partial charge in [-0.2, -0.15) is 0 Å². The Bertz CT molecular complexity index is 108. The monoisotopic (exact) mass is 148 g/mol. The molecule has 0 bridgehead atoms.